The van der Waals surface area contributed by atoms with Crippen molar-refractivity contribution in [2.45, 2.75) is 51.6 Å². The molecule has 7 nitrogen and oxygen atoms in total. The molecule has 0 saturated heterocycles. The number of aromatic nitrogens is 4. The standard InChI is InChI=1S/C19H23N5O2/c1-12-10-20-24(11-12)15-6-4-14(5-7-15)21-19(25)17-9-16(22-23-17)18-8-3-13(2)26-18/h3,8-11,14-15H,4-7H2,1-2H3,(H,21,25)(H,22,23). The van der Waals surface area contributed by atoms with Crippen LogP contribution in [0, 0.1) is 13.8 Å². The molecule has 1 fully saturated rings. The molecule has 1 aliphatic rings. The molecule has 4 rings (SSSR count). The van der Waals surface area contributed by atoms with Crippen molar-refractivity contribution >= 4 is 5.91 Å². The average Bonchev–Trinajstić information content (AvgIpc) is 3.36. The Morgan fingerprint density at radius 1 is 1.27 bits per heavy atom. The van der Waals surface area contributed by atoms with E-state index < -0.39 is 0 Å². The largest absolute Gasteiger partial charge is 0.460 e. The van der Waals surface area contributed by atoms with Gasteiger partial charge in [-0.25, -0.2) is 0 Å². The fourth-order valence-electron chi connectivity index (χ4n) is 3.52. The summed E-state index contributed by atoms with van der Waals surface area (Å²) < 4.78 is 7.61. The lowest BCUT2D eigenvalue weighted by atomic mass is 9.91. The van der Waals surface area contributed by atoms with Crippen LogP contribution in [-0.2, 0) is 0 Å². The van der Waals surface area contributed by atoms with Crippen LogP contribution in [0.15, 0.2) is 35.0 Å². The minimum Gasteiger partial charge on any atom is -0.460 e. The molecule has 1 amide bonds. The molecule has 0 bridgehead atoms. The van der Waals surface area contributed by atoms with E-state index in [0.29, 0.717) is 23.2 Å². The first-order valence-electron chi connectivity index (χ1n) is 9.02. The summed E-state index contributed by atoms with van der Waals surface area (Å²) in [5, 5.41) is 14.5. The quantitative estimate of drug-likeness (QED) is 0.752. The minimum absolute atomic E-state index is 0.144. The summed E-state index contributed by atoms with van der Waals surface area (Å²) in [5.41, 5.74) is 2.28. The topological polar surface area (TPSA) is 88.7 Å². The Hall–Kier alpha value is -2.83. The maximum Gasteiger partial charge on any atom is 0.272 e. The Morgan fingerprint density at radius 2 is 2.08 bits per heavy atom. The van der Waals surface area contributed by atoms with Crippen molar-refractivity contribution in [2.24, 2.45) is 0 Å². The third-order valence-corrected chi connectivity index (χ3v) is 4.95. The highest BCUT2D eigenvalue weighted by atomic mass is 16.3. The van der Waals surface area contributed by atoms with Crippen LogP contribution < -0.4 is 5.32 Å². The van der Waals surface area contributed by atoms with Gasteiger partial charge in [-0.3, -0.25) is 14.6 Å². The molecule has 3 aromatic heterocycles. The lowest BCUT2D eigenvalue weighted by Crippen LogP contribution is -2.38. The number of hydrogen-bond donors (Lipinski definition) is 2. The number of rotatable bonds is 4. The summed E-state index contributed by atoms with van der Waals surface area (Å²) in [4.78, 5) is 12.5. The Bertz CT molecular complexity index is 899. The molecule has 0 radical (unpaired) electrons. The second-order valence-corrected chi connectivity index (χ2v) is 7.05. The molecule has 3 heterocycles. The zero-order valence-corrected chi connectivity index (χ0v) is 15.0. The second kappa shape index (κ2) is 6.82. The molecule has 3 aromatic rings. The first kappa shape index (κ1) is 16.6. The van der Waals surface area contributed by atoms with Crippen LogP contribution in [0.4, 0.5) is 0 Å². The number of carbonyl (C=O) groups excluding carboxylic acids is 1. The fraction of sp³-hybridized carbons (Fsp3) is 0.421. The molecule has 2 N–H and O–H groups in total. The van der Waals surface area contributed by atoms with Crippen LogP contribution >= 0.6 is 0 Å². The number of hydrogen-bond acceptors (Lipinski definition) is 4. The van der Waals surface area contributed by atoms with E-state index in [-0.39, 0.29) is 11.9 Å². The fourth-order valence-corrected chi connectivity index (χ4v) is 3.52. The molecule has 26 heavy (non-hydrogen) atoms. The maximum atomic E-state index is 12.5. The average molecular weight is 353 g/mol. The highest BCUT2D eigenvalue weighted by Gasteiger charge is 2.25. The molecular weight excluding hydrogens is 330 g/mol. The van der Waals surface area contributed by atoms with Crippen molar-refractivity contribution in [3.63, 3.8) is 0 Å². The second-order valence-electron chi connectivity index (χ2n) is 7.05. The van der Waals surface area contributed by atoms with Crippen molar-refractivity contribution in [1.29, 1.82) is 0 Å². The van der Waals surface area contributed by atoms with E-state index in [0.717, 1.165) is 31.4 Å². The Balaban J connectivity index is 1.33. The summed E-state index contributed by atoms with van der Waals surface area (Å²) >= 11 is 0. The van der Waals surface area contributed by atoms with Gasteiger partial charge in [-0.15, -0.1) is 0 Å². The number of carbonyl (C=O) groups is 1. The third-order valence-electron chi connectivity index (χ3n) is 4.95. The summed E-state index contributed by atoms with van der Waals surface area (Å²) in [6.45, 7) is 3.94. The molecule has 0 atom stereocenters. The van der Waals surface area contributed by atoms with Crippen LogP contribution in [0.1, 0.15) is 53.5 Å². The Morgan fingerprint density at radius 3 is 2.73 bits per heavy atom. The normalized spacial score (nSPS) is 20.2. The van der Waals surface area contributed by atoms with E-state index in [1.165, 1.54) is 5.56 Å². The van der Waals surface area contributed by atoms with Gasteiger partial charge < -0.3 is 9.73 Å². The molecule has 0 aliphatic heterocycles. The smallest absolute Gasteiger partial charge is 0.272 e. The number of aromatic amines is 1. The van der Waals surface area contributed by atoms with Crippen LogP contribution in [0.3, 0.4) is 0 Å². The van der Waals surface area contributed by atoms with Gasteiger partial charge >= 0.3 is 0 Å². The van der Waals surface area contributed by atoms with E-state index in [1.807, 2.05) is 25.3 Å². The van der Waals surface area contributed by atoms with Gasteiger partial charge in [-0.2, -0.15) is 10.2 Å². The molecule has 7 heteroatoms. The molecule has 1 saturated carbocycles. The van der Waals surface area contributed by atoms with Gasteiger partial charge in [0.15, 0.2) is 11.5 Å². The predicted octanol–water partition coefficient (Wildman–Crippen LogP) is 3.40. The van der Waals surface area contributed by atoms with Crippen molar-refractivity contribution in [1.82, 2.24) is 25.3 Å². The van der Waals surface area contributed by atoms with E-state index in [2.05, 4.69) is 38.4 Å². The highest BCUT2D eigenvalue weighted by Crippen LogP contribution is 2.28. The van der Waals surface area contributed by atoms with Crippen LogP contribution in [-0.4, -0.2) is 31.9 Å². The zero-order chi connectivity index (χ0) is 18.1. The van der Waals surface area contributed by atoms with Crippen molar-refractivity contribution in [3.05, 3.63) is 47.6 Å². The Kier molecular flexibility index (Phi) is 4.36. The summed E-state index contributed by atoms with van der Waals surface area (Å²) in [7, 11) is 0. The number of nitrogens with zero attached hydrogens (tertiary/aromatic N) is 3. The molecule has 0 aromatic carbocycles. The highest BCUT2D eigenvalue weighted by molar-refractivity contribution is 5.93. The number of H-pyrrole nitrogens is 1. The van der Waals surface area contributed by atoms with E-state index in [1.54, 1.807) is 6.07 Å². The molecule has 1 aliphatic carbocycles. The van der Waals surface area contributed by atoms with Crippen LogP contribution in [0.2, 0.25) is 0 Å². The predicted molar refractivity (Wildman–Crippen MR) is 96.7 cm³/mol. The van der Waals surface area contributed by atoms with Crippen molar-refractivity contribution in [3.8, 4) is 11.5 Å². The van der Waals surface area contributed by atoms with Gasteiger partial charge in [-0.05, 0) is 57.2 Å². The van der Waals surface area contributed by atoms with Gasteiger partial charge in [0, 0.05) is 18.3 Å². The summed E-state index contributed by atoms with van der Waals surface area (Å²) in [6.07, 6.45) is 7.91. The molecular formula is C19H23N5O2. The van der Waals surface area contributed by atoms with Gasteiger partial charge in [0.05, 0.1) is 12.2 Å². The van der Waals surface area contributed by atoms with Crippen molar-refractivity contribution < 1.29 is 9.21 Å². The number of furan rings is 1. The van der Waals surface area contributed by atoms with Gasteiger partial charge in [-0.1, -0.05) is 0 Å². The van der Waals surface area contributed by atoms with Gasteiger partial charge in [0.1, 0.15) is 11.5 Å². The van der Waals surface area contributed by atoms with E-state index in [9.17, 15) is 4.79 Å². The number of aryl methyl sites for hydroxylation is 2. The minimum atomic E-state index is -0.144. The first-order valence-corrected chi connectivity index (χ1v) is 9.02. The van der Waals surface area contributed by atoms with E-state index >= 15 is 0 Å². The van der Waals surface area contributed by atoms with Gasteiger partial charge in [0.2, 0.25) is 0 Å². The molecule has 136 valence electrons. The maximum absolute atomic E-state index is 12.5. The SMILES string of the molecule is Cc1cnn(C2CCC(NC(=O)c3cc(-c4ccc(C)o4)[nH]n3)CC2)c1. The van der Waals surface area contributed by atoms with Gasteiger partial charge in [0.25, 0.3) is 5.91 Å². The number of amides is 1. The molecule has 0 unspecified atom stereocenters. The Labute approximate surface area is 151 Å². The lowest BCUT2D eigenvalue weighted by molar-refractivity contribution is 0.0916. The lowest BCUT2D eigenvalue weighted by Gasteiger charge is -2.29. The number of nitrogens with one attached hydrogen (secondary N) is 2. The van der Waals surface area contributed by atoms with Crippen LogP contribution in [0.25, 0.3) is 11.5 Å². The monoisotopic (exact) mass is 353 g/mol. The first-order chi connectivity index (χ1) is 12.6. The third kappa shape index (κ3) is 3.42. The summed E-state index contributed by atoms with van der Waals surface area (Å²) in [5.74, 6) is 1.36. The zero-order valence-electron chi connectivity index (χ0n) is 15.0. The van der Waals surface area contributed by atoms with Crippen molar-refractivity contribution in [2.75, 3.05) is 0 Å². The van der Waals surface area contributed by atoms with Crippen LogP contribution in [0.5, 0.6) is 0 Å². The summed E-state index contributed by atoms with van der Waals surface area (Å²) in [6, 6.07) is 6.08. The van der Waals surface area contributed by atoms with E-state index in [4.69, 9.17) is 4.42 Å². The molecule has 0 spiro atoms.